The lowest BCUT2D eigenvalue weighted by Gasteiger charge is -2.31. The van der Waals surface area contributed by atoms with Gasteiger partial charge < -0.3 is 30.6 Å². The summed E-state index contributed by atoms with van der Waals surface area (Å²) in [4.78, 5) is 0. The zero-order chi connectivity index (χ0) is 52.6. The summed E-state index contributed by atoms with van der Waals surface area (Å²) in [6.45, 7) is 22.9. The van der Waals surface area contributed by atoms with E-state index in [1.165, 1.54) is 0 Å². The van der Waals surface area contributed by atoms with Gasteiger partial charge in [0.15, 0.2) is 0 Å². The maximum absolute atomic E-state index is 11.6. The van der Waals surface area contributed by atoms with E-state index in [0.29, 0.717) is 38.5 Å². The second kappa shape index (κ2) is 20.7. The molecule has 0 saturated carbocycles. The summed E-state index contributed by atoms with van der Waals surface area (Å²) < 4.78 is 0. The van der Waals surface area contributed by atoms with Crippen LogP contribution in [-0.4, -0.2) is 30.6 Å². The minimum Gasteiger partial charge on any atom is -0.385 e. The average Bonchev–Trinajstić information content (AvgIpc) is 3.40. The molecule has 7 aromatic carbocycles. The first-order valence-electron chi connectivity index (χ1n) is 26.1. The lowest BCUT2D eigenvalue weighted by atomic mass is 9.73. The van der Waals surface area contributed by atoms with E-state index >= 15 is 0 Å². The van der Waals surface area contributed by atoms with Crippen LogP contribution in [0.25, 0.3) is 66.8 Å². The van der Waals surface area contributed by atoms with Gasteiger partial charge >= 0.3 is 0 Å². The standard InChI is InChI=1S/C66H78O6/c1-13-61(7,67)49-31-19-43(20-32-49)55-56(44-21-33-50(34-22-44)62(8,68)14-2)58(46-25-37-52(38-26-46)64(10,70)16-4)60(48-29-41-54(42-30-48)66(12,72)18-6)59(47-27-39-53(40-28-47)65(11,71)17-5)57(55)45-23-35-51(36-24-45)63(9,69)15-3/h19-42,67-72H,13-18H2,1-12H3. The molecule has 7 rings (SSSR count). The Balaban J connectivity index is 1.80. The van der Waals surface area contributed by atoms with Crippen molar-refractivity contribution in [2.75, 3.05) is 0 Å². The summed E-state index contributed by atoms with van der Waals surface area (Å²) in [5.74, 6) is 0. The van der Waals surface area contributed by atoms with E-state index in [9.17, 15) is 30.6 Å². The van der Waals surface area contributed by atoms with Crippen molar-refractivity contribution in [3.8, 4) is 66.8 Å². The van der Waals surface area contributed by atoms with Gasteiger partial charge in [-0.25, -0.2) is 0 Å². The predicted molar refractivity (Wildman–Crippen MR) is 298 cm³/mol. The third-order valence-corrected chi connectivity index (χ3v) is 16.4. The van der Waals surface area contributed by atoms with Crippen LogP contribution < -0.4 is 0 Å². The fourth-order valence-electron chi connectivity index (χ4n) is 9.68. The number of hydrogen-bond acceptors (Lipinski definition) is 6. The molecular weight excluding hydrogens is 889 g/mol. The van der Waals surface area contributed by atoms with Crippen LogP contribution in [0.5, 0.6) is 0 Å². The highest BCUT2D eigenvalue weighted by atomic mass is 16.3. The number of aliphatic hydroxyl groups is 6. The summed E-state index contributed by atoms with van der Waals surface area (Å²) in [5, 5.41) is 69.5. The lowest BCUT2D eigenvalue weighted by Crippen LogP contribution is -2.19. The van der Waals surface area contributed by atoms with Crippen molar-refractivity contribution in [3.63, 3.8) is 0 Å². The van der Waals surface area contributed by atoms with Crippen molar-refractivity contribution in [3.05, 3.63) is 179 Å². The van der Waals surface area contributed by atoms with E-state index < -0.39 is 33.6 Å². The monoisotopic (exact) mass is 967 g/mol. The van der Waals surface area contributed by atoms with E-state index in [0.717, 1.165) is 100 Å². The smallest absolute Gasteiger partial charge is 0.0865 e. The molecule has 7 aromatic rings. The van der Waals surface area contributed by atoms with Gasteiger partial charge in [0.2, 0.25) is 0 Å². The van der Waals surface area contributed by atoms with Gasteiger partial charge in [0.1, 0.15) is 0 Å². The van der Waals surface area contributed by atoms with E-state index in [2.05, 4.69) is 72.8 Å². The minimum absolute atomic E-state index is 0.530. The van der Waals surface area contributed by atoms with Crippen LogP contribution in [0, 0.1) is 0 Å². The van der Waals surface area contributed by atoms with E-state index in [-0.39, 0.29) is 0 Å². The van der Waals surface area contributed by atoms with E-state index in [4.69, 9.17) is 0 Å². The molecule has 0 heterocycles. The first-order chi connectivity index (χ1) is 33.9. The molecule has 6 nitrogen and oxygen atoms in total. The van der Waals surface area contributed by atoms with Crippen molar-refractivity contribution in [2.45, 2.75) is 155 Å². The molecule has 0 aliphatic carbocycles. The third kappa shape index (κ3) is 10.5. The lowest BCUT2D eigenvalue weighted by molar-refractivity contribution is 0.0527. The summed E-state index contributed by atoms with van der Waals surface area (Å²) >= 11 is 0. The summed E-state index contributed by atoms with van der Waals surface area (Å²) in [6, 6.07) is 49.5. The van der Waals surface area contributed by atoms with Gasteiger partial charge in [0.25, 0.3) is 0 Å². The Kier molecular flexibility index (Phi) is 15.5. The van der Waals surface area contributed by atoms with Crippen molar-refractivity contribution in [1.29, 1.82) is 0 Å². The van der Waals surface area contributed by atoms with Gasteiger partial charge in [0, 0.05) is 0 Å². The van der Waals surface area contributed by atoms with Crippen molar-refractivity contribution < 1.29 is 30.6 Å². The van der Waals surface area contributed by atoms with Crippen LogP contribution in [-0.2, 0) is 33.6 Å². The maximum atomic E-state index is 11.6. The quantitative estimate of drug-likeness (QED) is 0.0510. The molecule has 0 saturated heterocycles. The molecule has 0 aliphatic heterocycles. The Morgan fingerprint density at radius 2 is 0.306 bits per heavy atom. The highest BCUT2D eigenvalue weighted by molar-refractivity contribution is 6.15. The van der Waals surface area contributed by atoms with Gasteiger partial charge in [-0.2, -0.15) is 0 Å². The topological polar surface area (TPSA) is 121 Å². The molecule has 6 atom stereocenters. The van der Waals surface area contributed by atoms with E-state index in [1.54, 1.807) is 0 Å². The van der Waals surface area contributed by atoms with Gasteiger partial charge in [-0.15, -0.1) is 0 Å². The summed E-state index contributed by atoms with van der Waals surface area (Å²) in [5.41, 5.74) is 9.46. The Morgan fingerprint density at radius 3 is 0.389 bits per heavy atom. The number of hydrogen-bond donors (Lipinski definition) is 6. The van der Waals surface area contributed by atoms with Crippen LogP contribution in [0.2, 0.25) is 0 Å². The minimum atomic E-state index is -1.06. The zero-order valence-corrected chi connectivity index (χ0v) is 44.8. The highest BCUT2D eigenvalue weighted by Gasteiger charge is 2.33. The average molecular weight is 967 g/mol. The van der Waals surface area contributed by atoms with Gasteiger partial charge in [0.05, 0.1) is 33.6 Å². The molecule has 0 aromatic heterocycles. The molecule has 0 fully saturated rings. The van der Waals surface area contributed by atoms with Crippen LogP contribution in [0.1, 0.15) is 155 Å². The molecule has 6 unspecified atom stereocenters. The van der Waals surface area contributed by atoms with Crippen LogP contribution in [0.15, 0.2) is 146 Å². The van der Waals surface area contributed by atoms with Crippen LogP contribution >= 0.6 is 0 Å². The second-order valence-electron chi connectivity index (χ2n) is 21.5. The van der Waals surface area contributed by atoms with Gasteiger partial charge in [-0.1, -0.05) is 187 Å². The van der Waals surface area contributed by atoms with Crippen molar-refractivity contribution in [2.24, 2.45) is 0 Å². The first kappa shape index (κ1) is 54.1. The zero-order valence-electron chi connectivity index (χ0n) is 44.8. The predicted octanol–water partition coefficient (Wildman–Crippen LogP) is 15.4. The Bertz CT molecular complexity index is 2400. The Labute approximate surface area is 429 Å². The molecule has 0 radical (unpaired) electrons. The second-order valence-corrected chi connectivity index (χ2v) is 21.5. The fraction of sp³-hybridized carbons (Fsp3) is 0.364. The number of rotatable bonds is 18. The molecule has 378 valence electrons. The fourth-order valence-corrected chi connectivity index (χ4v) is 9.68. The number of benzene rings is 7. The van der Waals surface area contributed by atoms with Crippen molar-refractivity contribution in [1.82, 2.24) is 0 Å². The molecule has 0 bridgehead atoms. The maximum Gasteiger partial charge on any atom is 0.0865 e. The summed E-state index contributed by atoms with van der Waals surface area (Å²) in [6.07, 6.45) is 3.18. The normalized spacial score (nSPS) is 16.9. The molecule has 6 N–H and O–H groups in total. The van der Waals surface area contributed by atoms with Gasteiger partial charge in [-0.3, -0.25) is 0 Å². The van der Waals surface area contributed by atoms with E-state index in [1.807, 2.05) is 156 Å². The Hall–Kier alpha value is -5.70. The van der Waals surface area contributed by atoms with Crippen LogP contribution in [0.3, 0.4) is 0 Å². The van der Waals surface area contributed by atoms with Crippen molar-refractivity contribution >= 4 is 0 Å². The summed E-state index contributed by atoms with van der Waals surface area (Å²) in [7, 11) is 0. The van der Waals surface area contributed by atoms with Gasteiger partial charge in [-0.05, 0) is 180 Å². The highest BCUT2D eigenvalue weighted by Crippen LogP contribution is 2.57. The molecule has 0 aliphatic rings. The molecular formula is C66H78O6. The molecule has 72 heavy (non-hydrogen) atoms. The molecule has 0 amide bonds. The van der Waals surface area contributed by atoms with Crippen LogP contribution in [0.4, 0.5) is 0 Å². The molecule has 0 spiro atoms. The SMILES string of the molecule is CCC(C)(O)c1ccc(-c2c(-c3ccc(C(C)(O)CC)cc3)c(-c3ccc(C(C)(O)CC)cc3)c(-c3ccc(C(C)(O)CC)cc3)c(-c3ccc(C(C)(O)CC)cc3)c2-c2ccc(C(C)(O)CC)cc2)cc1. The third-order valence-electron chi connectivity index (χ3n) is 16.4. The Morgan fingerprint density at radius 1 is 0.208 bits per heavy atom. The first-order valence-corrected chi connectivity index (χ1v) is 26.1. The largest absolute Gasteiger partial charge is 0.385 e. The molecule has 6 heteroatoms.